The summed E-state index contributed by atoms with van der Waals surface area (Å²) in [6.07, 6.45) is -1.65. The lowest BCUT2D eigenvalue weighted by Crippen LogP contribution is -2.65. The molecule has 3 saturated carbocycles. The highest BCUT2D eigenvalue weighted by atomic mass is 16.7. The topological polar surface area (TPSA) is 205 Å². The molecular formula is C44H70O13. The van der Waals surface area contributed by atoms with Gasteiger partial charge in [-0.05, 0) is 86.4 Å². The van der Waals surface area contributed by atoms with Crippen molar-refractivity contribution in [2.75, 3.05) is 13.2 Å². The Morgan fingerprint density at radius 2 is 1.46 bits per heavy atom. The van der Waals surface area contributed by atoms with Crippen LogP contribution in [0.2, 0.25) is 0 Å². The summed E-state index contributed by atoms with van der Waals surface area (Å²) >= 11 is 0. The minimum absolute atomic E-state index is 0.0267. The number of aliphatic hydroxyl groups excluding tert-OH is 7. The zero-order valence-corrected chi connectivity index (χ0v) is 35.3. The molecule has 19 atom stereocenters. The Balaban J connectivity index is 1.34. The Kier molecular flexibility index (Phi) is 13.0. The van der Waals surface area contributed by atoms with Gasteiger partial charge in [-0.1, -0.05) is 77.0 Å². The molecule has 2 heterocycles. The van der Waals surface area contributed by atoms with Crippen molar-refractivity contribution in [3.8, 4) is 0 Å². The molecule has 324 valence electrons. The van der Waals surface area contributed by atoms with E-state index in [-0.39, 0.29) is 40.2 Å². The normalized spacial score (nSPS) is 48.6. The summed E-state index contributed by atoms with van der Waals surface area (Å²) in [5.41, 5.74) is 1.40. The van der Waals surface area contributed by atoms with Gasteiger partial charge in [0.1, 0.15) is 54.9 Å². The molecule has 0 amide bonds. The van der Waals surface area contributed by atoms with Crippen molar-refractivity contribution in [3.05, 3.63) is 35.5 Å². The molecule has 6 rings (SSSR count). The molecule has 4 aliphatic carbocycles. The van der Waals surface area contributed by atoms with Gasteiger partial charge >= 0.3 is 5.97 Å². The van der Waals surface area contributed by atoms with E-state index < -0.39 is 86.1 Å². The van der Waals surface area contributed by atoms with Crippen LogP contribution in [0.3, 0.4) is 0 Å². The van der Waals surface area contributed by atoms with E-state index in [1.807, 2.05) is 0 Å². The number of allylic oxidation sites excluding steroid dienone is 4. The lowest BCUT2D eigenvalue weighted by molar-refractivity contribution is -0.340. The molecule has 0 spiro atoms. The van der Waals surface area contributed by atoms with E-state index in [1.165, 1.54) is 12.5 Å². The summed E-state index contributed by atoms with van der Waals surface area (Å²) in [4.78, 5) is 12.3. The molecule has 7 N–H and O–H groups in total. The second-order valence-corrected chi connectivity index (χ2v) is 19.7. The molecule has 5 fully saturated rings. The third-order valence-electron chi connectivity index (χ3n) is 15.8. The van der Waals surface area contributed by atoms with Crippen molar-refractivity contribution >= 4 is 5.97 Å². The average Bonchev–Trinajstić information content (AvgIpc) is 3.42. The smallest absolute Gasteiger partial charge is 0.302 e. The van der Waals surface area contributed by atoms with Crippen molar-refractivity contribution < 1.29 is 64.2 Å². The summed E-state index contributed by atoms with van der Waals surface area (Å²) in [6, 6.07) is 0. The highest BCUT2D eigenvalue weighted by Crippen LogP contribution is 2.75. The number of fused-ring (bicyclic) bond motifs is 5. The van der Waals surface area contributed by atoms with E-state index in [2.05, 4.69) is 79.7 Å². The van der Waals surface area contributed by atoms with E-state index in [4.69, 9.17) is 23.7 Å². The molecule has 0 aromatic rings. The first-order valence-corrected chi connectivity index (χ1v) is 21.1. The monoisotopic (exact) mass is 806 g/mol. The van der Waals surface area contributed by atoms with Gasteiger partial charge in [0, 0.05) is 18.3 Å². The Bertz CT molecular complexity index is 1540. The second kappa shape index (κ2) is 16.6. The first kappa shape index (κ1) is 44.8. The number of hydrogen-bond acceptors (Lipinski definition) is 13. The Morgan fingerprint density at radius 3 is 2.09 bits per heavy atom. The molecule has 2 saturated heterocycles. The van der Waals surface area contributed by atoms with Crippen molar-refractivity contribution in [2.24, 2.45) is 45.3 Å². The molecular weight excluding hydrogens is 736 g/mol. The molecule has 0 aromatic heterocycles. The summed E-state index contributed by atoms with van der Waals surface area (Å²) in [5, 5.41) is 74.4. The van der Waals surface area contributed by atoms with Crippen LogP contribution in [0.5, 0.6) is 0 Å². The molecule has 6 aliphatic rings. The van der Waals surface area contributed by atoms with E-state index in [0.717, 1.165) is 44.1 Å². The molecule has 0 unspecified atom stereocenters. The zero-order valence-electron chi connectivity index (χ0n) is 35.3. The van der Waals surface area contributed by atoms with Gasteiger partial charge in [-0.25, -0.2) is 0 Å². The second-order valence-electron chi connectivity index (χ2n) is 19.7. The van der Waals surface area contributed by atoms with Gasteiger partial charge in [0.2, 0.25) is 0 Å². The van der Waals surface area contributed by atoms with Crippen LogP contribution in [0.1, 0.15) is 101 Å². The number of esters is 1. The van der Waals surface area contributed by atoms with Crippen molar-refractivity contribution in [3.63, 3.8) is 0 Å². The molecule has 0 aromatic carbocycles. The maximum absolute atomic E-state index is 12.3. The fraction of sp³-hybridized carbons (Fsp3) is 0.841. The molecule has 57 heavy (non-hydrogen) atoms. The predicted molar refractivity (Wildman–Crippen MR) is 209 cm³/mol. The number of carbonyl (C=O) groups is 1. The van der Waals surface area contributed by atoms with Crippen LogP contribution in [0.4, 0.5) is 0 Å². The van der Waals surface area contributed by atoms with Crippen LogP contribution in [0.25, 0.3) is 0 Å². The van der Waals surface area contributed by atoms with Crippen molar-refractivity contribution in [1.82, 2.24) is 0 Å². The van der Waals surface area contributed by atoms with Crippen molar-refractivity contribution in [2.45, 2.75) is 174 Å². The number of aliphatic hydroxyl groups is 7. The van der Waals surface area contributed by atoms with Gasteiger partial charge in [-0.2, -0.15) is 0 Å². The predicted octanol–water partition coefficient (Wildman–Crippen LogP) is 3.30. The average molecular weight is 807 g/mol. The molecule has 0 radical (unpaired) electrons. The van der Waals surface area contributed by atoms with Gasteiger partial charge < -0.3 is 59.4 Å². The highest BCUT2D eigenvalue weighted by molar-refractivity contribution is 5.66. The minimum Gasteiger partial charge on any atom is -0.462 e. The first-order chi connectivity index (χ1) is 26.6. The van der Waals surface area contributed by atoms with Gasteiger partial charge in [-0.15, -0.1) is 0 Å². The molecule has 2 aliphatic heterocycles. The summed E-state index contributed by atoms with van der Waals surface area (Å²) in [5.74, 6) is 0.612. The largest absolute Gasteiger partial charge is 0.462 e. The number of ether oxygens (including phenoxy) is 5. The van der Waals surface area contributed by atoms with Gasteiger partial charge in [0.15, 0.2) is 12.6 Å². The molecule has 13 nitrogen and oxygen atoms in total. The van der Waals surface area contributed by atoms with Gasteiger partial charge in [-0.3, -0.25) is 4.79 Å². The van der Waals surface area contributed by atoms with Gasteiger partial charge in [0.25, 0.3) is 0 Å². The van der Waals surface area contributed by atoms with E-state index in [0.29, 0.717) is 11.8 Å². The zero-order chi connectivity index (χ0) is 42.0. The third kappa shape index (κ3) is 7.75. The van der Waals surface area contributed by atoms with E-state index in [1.54, 1.807) is 0 Å². The Morgan fingerprint density at radius 1 is 0.825 bits per heavy atom. The quantitative estimate of drug-likeness (QED) is 0.0964. The SMILES string of the molecule is CC(=O)O[C@H]1CC[C@@H]2C(=C[C@H](O[C@@H]3O[C@H](CO[C@@H]4O[C@H](CO)[C@@H](O)[C@H](O)[C@H]4O)[C@@H](O)[C@H](O)[C@H]3O)[C@@H]3[C@@]2(C)CC[C@]2(C)[C@@H]([C@H](C)/C=C/C=C(C)C)CC[C@@]32C)C1(C)C. The van der Waals surface area contributed by atoms with Crippen LogP contribution in [-0.2, 0) is 28.5 Å². The van der Waals surface area contributed by atoms with Crippen LogP contribution in [0.15, 0.2) is 35.5 Å². The lowest BCUT2D eigenvalue weighted by atomic mass is 9.38. The van der Waals surface area contributed by atoms with Crippen LogP contribution >= 0.6 is 0 Å². The van der Waals surface area contributed by atoms with Crippen LogP contribution in [0, 0.1) is 45.3 Å². The summed E-state index contributed by atoms with van der Waals surface area (Å²) < 4.78 is 30.4. The fourth-order valence-corrected chi connectivity index (χ4v) is 12.4. The third-order valence-corrected chi connectivity index (χ3v) is 15.8. The van der Waals surface area contributed by atoms with Gasteiger partial charge in [0.05, 0.1) is 19.3 Å². The fourth-order valence-electron chi connectivity index (χ4n) is 12.4. The Hall–Kier alpha value is -1.75. The first-order valence-electron chi connectivity index (χ1n) is 21.1. The molecule has 0 bridgehead atoms. The standard InChI is InChI=1S/C44H70O13/c1-22(2)11-10-12-23(3)25-15-16-44(9)38-28(19-27-26(42(38,7)17-18-43(25,44)8)13-14-31(41(27,5)6)54-24(4)46)55-40-37(52)35(50)33(48)30(57-40)21-53-39-36(51)34(49)32(47)29(20-45)56-39/h10-12,19,23,25-26,28-40,45,47-52H,13-18,20-21H2,1-9H3/b12-10+/t23-,25-,26-,28+,29-,30-,31+,32-,33-,34+,35+,36-,37-,38-,39-,40-,42+,43-,44+/m1/s1. The van der Waals surface area contributed by atoms with Crippen molar-refractivity contribution in [1.29, 1.82) is 0 Å². The summed E-state index contributed by atoms with van der Waals surface area (Å²) in [6.45, 7) is 18.4. The number of carbonyl (C=O) groups excluding carboxylic acids is 1. The lowest BCUT2D eigenvalue weighted by Gasteiger charge is -2.67. The number of rotatable bonds is 10. The molecule has 13 heteroatoms. The van der Waals surface area contributed by atoms with Crippen LogP contribution < -0.4 is 0 Å². The Labute approximate surface area is 338 Å². The number of hydrogen-bond donors (Lipinski definition) is 7. The maximum atomic E-state index is 12.3. The highest BCUT2D eigenvalue weighted by Gasteiger charge is 2.70. The van der Waals surface area contributed by atoms with E-state index in [9.17, 15) is 40.5 Å². The summed E-state index contributed by atoms with van der Waals surface area (Å²) in [7, 11) is 0. The minimum atomic E-state index is -1.68. The van der Waals surface area contributed by atoms with Crippen LogP contribution in [-0.4, -0.2) is 129 Å². The maximum Gasteiger partial charge on any atom is 0.302 e. The van der Waals surface area contributed by atoms with E-state index >= 15 is 0 Å².